The Balaban J connectivity index is 2.52. The van der Waals surface area contributed by atoms with Gasteiger partial charge in [0.25, 0.3) is 0 Å². The van der Waals surface area contributed by atoms with Crippen molar-refractivity contribution in [1.29, 1.82) is 0 Å². The standard InChI is InChI=1S/C8H12BrNOS/c1-2-11-3-8(10)6-4-12-5-7(6)9/h4-5,8H,2-3,10H2,1H3. The van der Waals surface area contributed by atoms with E-state index >= 15 is 0 Å². The molecule has 1 aromatic rings. The highest BCUT2D eigenvalue weighted by Crippen LogP contribution is 2.26. The molecule has 0 fully saturated rings. The number of nitrogens with two attached hydrogens (primary N) is 1. The number of rotatable bonds is 4. The van der Waals surface area contributed by atoms with Crippen molar-refractivity contribution in [3.8, 4) is 0 Å². The largest absolute Gasteiger partial charge is 0.380 e. The summed E-state index contributed by atoms with van der Waals surface area (Å²) in [7, 11) is 0. The average molecular weight is 250 g/mol. The molecule has 1 unspecified atom stereocenters. The normalized spacial score (nSPS) is 13.2. The highest BCUT2D eigenvalue weighted by Gasteiger charge is 2.09. The van der Waals surface area contributed by atoms with Crippen LogP contribution in [0.15, 0.2) is 15.2 Å². The molecule has 0 radical (unpaired) electrons. The fraction of sp³-hybridized carbons (Fsp3) is 0.500. The lowest BCUT2D eigenvalue weighted by Gasteiger charge is -2.09. The maximum Gasteiger partial charge on any atom is 0.0659 e. The summed E-state index contributed by atoms with van der Waals surface area (Å²) in [6, 6.07) is -0.00873. The third-order valence-corrected chi connectivity index (χ3v) is 3.29. The zero-order chi connectivity index (χ0) is 8.97. The van der Waals surface area contributed by atoms with E-state index in [0.29, 0.717) is 6.61 Å². The molecule has 0 aromatic carbocycles. The molecule has 0 saturated heterocycles. The van der Waals surface area contributed by atoms with E-state index in [1.54, 1.807) is 11.3 Å². The molecule has 2 N–H and O–H groups in total. The Morgan fingerprint density at radius 1 is 1.67 bits per heavy atom. The van der Waals surface area contributed by atoms with Crippen LogP contribution in [0, 0.1) is 0 Å². The molecular weight excluding hydrogens is 238 g/mol. The Kier molecular flexibility index (Phi) is 4.21. The minimum atomic E-state index is -0.00873. The van der Waals surface area contributed by atoms with Gasteiger partial charge in [-0.15, -0.1) is 0 Å². The smallest absolute Gasteiger partial charge is 0.0659 e. The first-order valence-electron chi connectivity index (χ1n) is 3.80. The van der Waals surface area contributed by atoms with Crippen molar-refractivity contribution in [1.82, 2.24) is 0 Å². The number of ether oxygens (including phenoxy) is 1. The van der Waals surface area contributed by atoms with E-state index in [4.69, 9.17) is 10.5 Å². The van der Waals surface area contributed by atoms with Crippen LogP contribution in [-0.4, -0.2) is 13.2 Å². The van der Waals surface area contributed by atoms with Crippen molar-refractivity contribution in [2.24, 2.45) is 5.73 Å². The van der Waals surface area contributed by atoms with Gasteiger partial charge in [0, 0.05) is 16.5 Å². The average Bonchev–Trinajstić information content (AvgIpc) is 2.47. The second-order valence-corrected chi connectivity index (χ2v) is 4.04. The molecule has 12 heavy (non-hydrogen) atoms. The molecule has 0 aliphatic rings. The minimum absolute atomic E-state index is 0.00873. The lowest BCUT2D eigenvalue weighted by atomic mass is 10.2. The lowest BCUT2D eigenvalue weighted by molar-refractivity contribution is 0.133. The summed E-state index contributed by atoms with van der Waals surface area (Å²) in [6.07, 6.45) is 0. The molecule has 4 heteroatoms. The first-order chi connectivity index (χ1) is 5.75. The molecule has 0 aliphatic heterocycles. The summed E-state index contributed by atoms with van der Waals surface area (Å²) in [5, 5.41) is 4.08. The van der Waals surface area contributed by atoms with Crippen molar-refractivity contribution in [3.63, 3.8) is 0 Å². The van der Waals surface area contributed by atoms with Gasteiger partial charge in [0.2, 0.25) is 0 Å². The number of thiophene rings is 1. The van der Waals surface area contributed by atoms with Gasteiger partial charge in [-0.2, -0.15) is 11.3 Å². The van der Waals surface area contributed by atoms with Gasteiger partial charge in [0.05, 0.1) is 12.6 Å². The topological polar surface area (TPSA) is 35.2 Å². The zero-order valence-electron chi connectivity index (χ0n) is 6.92. The second-order valence-electron chi connectivity index (χ2n) is 2.44. The summed E-state index contributed by atoms with van der Waals surface area (Å²) in [5.41, 5.74) is 7.01. The van der Waals surface area contributed by atoms with Crippen LogP contribution in [0.25, 0.3) is 0 Å². The third kappa shape index (κ3) is 2.55. The first-order valence-corrected chi connectivity index (χ1v) is 5.54. The van der Waals surface area contributed by atoms with Crippen molar-refractivity contribution in [2.75, 3.05) is 13.2 Å². The van der Waals surface area contributed by atoms with E-state index in [-0.39, 0.29) is 6.04 Å². The van der Waals surface area contributed by atoms with E-state index in [1.807, 2.05) is 17.7 Å². The molecule has 0 spiro atoms. The van der Waals surface area contributed by atoms with Crippen LogP contribution in [0.1, 0.15) is 18.5 Å². The van der Waals surface area contributed by atoms with Crippen molar-refractivity contribution < 1.29 is 4.74 Å². The summed E-state index contributed by atoms with van der Waals surface area (Å²) in [5.74, 6) is 0. The van der Waals surface area contributed by atoms with Crippen molar-refractivity contribution in [3.05, 3.63) is 20.8 Å². The van der Waals surface area contributed by atoms with Crippen LogP contribution in [0.5, 0.6) is 0 Å². The summed E-state index contributed by atoms with van der Waals surface area (Å²) in [4.78, 5) is 0. The quantitative estimate of drug-likeness (QED) is 0.891. The summed E-state index contributed by atoms with van der Waals surface area (Å²) < 4.78 is 6.32. The summed E-state index contributed by atoms with van der Waals surface area (Å²) in [6.45, 7) is 3.27. The molecule has 1 heterocycles. The zero-order valence-corrected chi connectivity index (χ0v) is 9.32. The van der Waals surface area contributed by atoms with Crippen LogP contribution in [-0.2, 0) is 4.74 Å². The molecule has 0 amide bonds. The second kappa shape index (κ2) is 4.97. The Morgan fingerprint density at radius 3 is 2.92 bits per heavy atom. The highest BCUT2D eigenvalue weighted by atomic mass is 79.9. The molecule has 0 aliphatic carbocycles. The molecule has 1 aromatic heterocycles. The van der Waals surface area contributed by atoms with Gasteiger partial charge in [-0.3, -0.25) is 0 Å². The Morgan fingerprint density at radius 2 is 2.42 bits per heavy atom. The van der Waals surface area contributed by atoms with Gasteiger partial charge >= 0.3 is 0 Å². The maximum absolute atomic E-state index is 5.88. The van der Waals surface area contributed by atoms with Gasteiger partial charge in [0.1, 0.15) is 0 Å². The molecule has 2 nitrogen and oxygen atoms in total. The molecule has 1 atom stereocenters. The van der Waals surface area contributed by atoms with Gasteiger partial charge < -0.3 is 10.5 Å². The van der Waals surface area contributed by atoms with Crippen LogP contribution in [0.4, 0.5) is 0 Å². The first kappa shape index (κ1) is 10.2. The van der Waals surface area contributed by atoms with Gasteiger partial charge in [0.15, 0.2) is 0 Å². The Hall–Kier alpha value is 0.100. The maximum atomic E-state index is 5.88. The summed E-state index contributed by atoms with van der Waals surface area (Å²) >= 11 is 5.08. The van der Waals surface area contributed by atoms with E-state index in [0.717, 1.165) is 16.6 Å². The fourth-order valence-corrected chi connectivity index (χ4v) is 2.55. The third-order valence-electron chi connectivity index (χ3n) is 1.54. The van der Waals surface area contributed by atoms with E-state index in [2.05, 4.69) is 15.9 Å². The Labute approximate surface area is 84.9 Å². The van der Waals surface area contributed by atoms with Crippen molar-refractivity contribution >= 4 is 27.3 Å². The van der Waals surface area contributed by atoms with E-state index in [1.165, 1.54) is 0 Å². The molecule has 0 saturated carbocycles. The van der Waals surface area contributed by atoms with Gasteiger partial charge in [-0.25, -0.2) is 0 Å². The van der Waals surface area contributed by atoms with Crippen LogP contribution >= 0.6 is 27.3 Å². The predicted molar refractivity (Wildman–Crippen MR) is 55.4 cm³/mol. The van der Waals surface area contributed by atoms with Crippen molar-refractivity contribution in [2.45, 2.75) is 13.0 Å². The molecular formula is C8H12BrNOS. The molecule has 68 valence electrons. The predicted octanol–water partition coefficient (Wildman–Crippen LogP) is 2.55. The highest BCUT2D eigenvalue weighted by molar-refractivity contribution is 9.10. The van der Waals surface area contributed by atoms with Gasteiger partial charge in [-0.05, 0) is 33.8 Å². The monoisotopic (exact) mass is 249 g/mol. The fourth-order valence-electron chi connectivity index (χ4n) is 0.891. The minimum Gasteiger partial charge on any atom is -0.380 e. The number of hydrogen-bond donors (Lipinski definition) is 1. The van der Waals surface area contributed by atoms with Crippen LogP contribution < -0.4 is 5.73 Å². The number of halogens is 1. The van der Waals surface area contributed by atoms with Crippen LogP contribution in [0.3, 0.4) is 0 Å². The molecule has 1 rings (SSSR count). The SMILES string of the molecule is CCOCC(N)c1cscc1Br. The van der Waals surface area contributed by atoms with E-state index < -0.39 is 0 Å². The van der Waals surface area contributed by atoms with Gasteiger partial charge in [-0.1, -0.05) is 0 Å². The van der Waals surface area contributed by atoms with E-state index in [9.17, 15) is 0 Å². The lowest BCUT2D eigenvalue weighted by Crippen LogP contribution is -2.16. The Bertz CT molecular complexity index is 239. The van der Waals surface area contributed by atoms with Crippen LogP contribution in [0.2, 0.25) is 0 Å². The number of hydrogen-bond acceptors (Lipinski definition) is 3. The molecule has 0 bridgehead atoms.